The number of halogens is 1. The van der Waals surface area contributed by atoms with Crippen LogP contribution in [0.1, 0.15) is 6.42 Å². The molecule has 14 heavy (non-hydrogen) atoms. The smallest absolute Gasteiger partial charge is 0.129 e. The third kappa shape index (κ3) is 1.99. The van der Waals surface area contributed by atoms with Crippen molar-refractivity contribution in [1.29, 1.82) is 0 Å². The Morgan fingerprint density at radius 3 is 3.00 bits per heavy atom. The van der Waals surface area contributed by atoms with Crippen molar-refractivity contribution in [2.24, 2.45) is 0 Å². The average Bonchev–Trinajstić information content (AvgIpc) is 2.67. The topological polar surface area (TPSA) is 28.2 Å². The summed E-state index contributed by atoms with van der Waals surface area (Å²) in [4.78, 5) is 6.40. The van der Waals surface area contributed by atoms with Crippen LogP contribution in [0.25, 0.3) is 0 Å². The lowest BCUT2D eigenvalue weighted by Gasteiger charge is -2.17. The van der Waals surface area contributed by atoms with Gasteiger partial charge in [-0.3, -0.25) is 0 Å². The van der Waals surface area contributed by atoms with Crippen LogP contribution in [0.2, 0.25) is 5.15 Å². The molecule has 4 heteroatoms. The first-order chi connectivity index (χ1) is 6.79. The van der Waals surface area contributed by atoms with Crippen LogP contribution in [-0.2, 0) is 0 Å². The zero-order valence-corrected chi connectivity index (χ0v) is 8.96. The molecule has 1 aliphatic heterocycles. The molecule has 1 fully saturated rings. The molecular formula is C10H14ClN3. The molecule has 1 aromatic heterocycles. The van der Waals surface area contributed by atoms with E-state index >= 15 is 0 Å². The second-order valence-electron chi connectivity index (χ2n) is 3.56. The minimum absolute atomic E-state index is 0.554. The highest BCUT2D eigenvalue weighted by molar-refractivity contribution is 6.29. The highest BCUT2D eigenvalue weighted by atomic mass is 35.5. The summed E-state index contributed by atoms with van der Waals surface area (Å²) in [6.45, 7) is 2.15. The maximum Gasteiger partial charge on any atom is 0.129 e. The van der Waals surface area contributed by atoms with Crippen molar-refractivity contribution in [1.82, 2.24) is 10.3 Å². The van der Waals surface area contributed by atoms with Gasteiger partial charge in [-0.2, -0.15) is 0 Å². The van der Waals surface area contributed by atoms with Crippen molar-refractivity contribution in [3.63, 3.8) is 0 Å². The molecule has 76 valence electrons. The largest absolute Gasteiger partial charge is 0.369 e. The Kier molecular flexibility index (Phi) is 2.89. The van der Waals surface area contributed by atoms with Crippen molar-refractivity contribution in [2.75, 3.05) is 25.0 Å². The highest BCUT2D eigenvalue weighted by Crippen LogP contribution is 2.20. The Morgan fingerprint density at radius 2 is 2.43 bits per heavy atom. The lowest BCUT2D eigenvalue weighted by atomic mass is 10.3. The van der Waals surface area contributed by atoms with E-state index in [0.29, 0.717) is 11.2 Å². The summed E-state index contributed by atoms with van der Waals surface area (Å²) in [7, 11) is 2.01. The van der Waals surface area contributed by atoms with Crippen molar-refractivity contribution in [3.05, 3.63) is 23.5 Å². The van der Waals surface area contributed by atoms with E-state index in [9.17, 15) is 0 Å². The van der Waals surface area contributed by atoms with E-state index in [-0.39, 0.29) is 0 Å². The highest BCUT2D eigenvalue weighted by Gasteiger charge is 2.20. The van der Waals surface area contributed by atoms with Gasteiger partial charge in [0.25, 0.3) is 0 Å². The van der Waals surface area contributed by atoms with E-state index in [2.05, 4.69) is 15.2 Å². The Balaban J connectivity index is 2.06. The fourth-order valence-corrected chi connectivity index (χ4v) is 1.90. The first-order valence-electron chi connectivity index (χ1n) is 4.83. The van der Waals surface area contributed by atoms with Crippen LogP contribution in [0.3, 0.4) is 0 Å². The van der Waals surface area contributed by atoms with Gasteiger partial charge in [0, 0.05) is 19.1 Å². The number of likely N-dealkylation sites (N-methyl/N-ethyl adjacent to an activating group) is 1. The van der Waals surface area contributed by atoms with Crippen molar-refractivity contribution >= 4 is 17.3 Å². The van der Waals surface area contributed by atoms with Gasteiger partial charge in [0.1, 0.15) is 5.15 Å². The van der Waals surface area contributed by atoms with Gasteiger partial charge in [-0.05, 0) is 25.6 Å². The molecule has 0 bridgehead atoms. The van der Waals surface area contributed by atoms with Gasteiger partial charge >= 0.3 is 0 Å². The zero-order chi connectivity index (χ0) is 9.97. The van der Waals surface area contributed by atoms with Crippen LogP contribution in [0.4, 0.5) is 5.69 Å². The van der Waals surface area contributed by atoms with Crippen LogP contribution in [0.5, 0.6) is 0 Å². The molecule has 1 aliphatic rings. The van der Waals surface area contributed by atoms with Crippen LogP contribution in [-0.4, -0.2) is 31.2 Å². The summed E-state index contributed by atoms with van der Waals surface area (Å²) in [6.07, 6.45) is 3.03. The fraction of sp³-hybridized carbons (Fsp3) is 0.500. The van der Waals surface area contributed by atoms with E-state index in [4.69, 9.17) is 11.6 Å². The lowest BCUT2D eigenvalue weighted by molar-refractivity contribution is 0.617. The van der Waals surface area contributed by atoms with Gasteiger partial charge in [-0.15, -0.1) is 0 Å². The van der Waals surface area contributed by atoms with E-state index in [1.165, 1.54) is 6.42 Å². The molecule has 1 unspecified atom stereocenters. The second-order valence-corrected chi connectivity index (χ2v) is 3.95. The zero-order valence-electron chi connectivity index (χ0n) is 8.20. The first kappa shape index (κ1) is 9.74. The van der Waals surface area contributed by atoms with Crippen molar-refractivity contribution in [3.8, 4) is 0 Å². The van der Waals surface area contributed by atoms with Crippen molar-refractivity contribution in [2.45, 2.75) is 12.5 Å². The van der Waals surface area contributed by atoms with Gasteiger partial charge in [0.2, 0.25) is 0 Å². The van der Waals surface area contributed by atoms with E-state index < -0.39 is 0 Å². The number of nitrogens with one attached hydrogen (secondary N) is 1. The number of rotatable bonds is 2. The quantitative estimate of drug-likeness (QED) is 0.753. The molecule has 0 radical (unpaired) electrons. The maximum atomic E-state index is 5.73. The molecule has 0 aromatic carbocycles. The number of nitrogens with zero attached hydrogens (tertiary/aromatic N) is 2. The predicted molar refractivity (Wildman–Crippen MR) is 58.9 cm³/mol. The summed E-state index contributed by atoms with van der Waals surface area (Å²) in [5.41, 5.74) is 1.16. The second kappa shape index (κ2) is 4.15. The number of hydrogen-bond acceptors (Lipinski definition) is 3. The molecule has 0 amide bonds. The minimum atomic E-state index is 0.554. The van der Waals surface area contributed by atoms with Gasteiger partial charge in [-0.25, -0.2) is 4.98 Å². The summed E-state index contributed by atoms with van der Waals surface area (Å²) >= 11 is 5.73. The maximum absolute atomic E-state index is 5.73. The number of anilines is 1. The monoisotopic (exact) mass is 211 g/mol. The van der Waals surface area contributed by atoms with Gasteiger partial charge in [0.15, 0.2) is 0 Å². The Morgan fingerprint density at radius 1 is 1.57 bits per heavy atom. The summed E-state index contributed by atoms with van der Waals surface area (Å²) in [5.74, 6) is 0. The summed E-state index contributed by atoms with van der Waals surface area (Å²) in [6, 6.07) is 4.46. The molecule has 1 aromatic rings. The van der Waals surface area contributed by atoms with Gasteiger partial charge < -0.3 is 10.2 Å². The minimum Gasteiger partial charge on any atom is -0.369 e. The molecule has 1 saturated heterocycles. The molecule has 3 nitrogen and oxygen atoms in total. The van der Waals surface area contributed by atoms with E-state index in [1.54, 1.807) is 0 Å². The fourth-order valence-electron chi connectivity index (χ4n) is 1.79. The van der Waals surface area contributed by atoms with Crippen LogP contribution in [0.15, 0.2) is 18.3 Å². The molecule has 0 aliphatic carbocycles. The van der Waals surface area contributed by atoms with E-state index in [1.807, 2.05) is 25.4 Å². The summed E-state index contributed by atoms with van der Waals surface area (Å²) < 4.78 is 0. The molecule has 0 saturated carbocycles. The van der Waals surface area contributed by atoms with Crippen LogP contribution >= 0.6 is 11.6 Å². The number of pyridine rings is 1. The number of aromatic nitrogens is 1. The molecular weight excluding hydrogens is 198 g/mol. The molecule has 0 spiro atoms. The molecule has 1 N–H and O–H groups in total. The van der Waals surface area contributed by atoms with Gasteiger partial charge in [-0.1, -0.05) is 11.6 Å². The third-order valence-electron chi connectivity index (χ3n) is 2.67. The van der Waals surface area contributed by atoms with Crippen LogP contribution in [0, 0.1) is 0 Å². The predicted octanol–water partition coefficient (Wildman–Crippen LogP) is 1.53. The third-order valence-corrected chi connectivity index (χ3v) is 2.90. The Labute approximate surface area is 89.1 Å². The standard InChI is InChI=1S/C10H14ClN3/c1-12-8-4-5-14(7-8)9-2-3-10(11)13-6-9/h2-3,6,8,12H,4-5,7H2,1H3. The van der Waals surface area contributed by atoms with E-state index in [0.717, 1.165) is 18.8 Å². The lowest BCUT2D eigenvalue weighted by Crippen LogP contribution is -2.29. The molecule has 2 rings (SSSR count). The number of hydrogen-bond donors (Lipinski definition) is 1. The first-order valence-corrected chi connectivity index (χ1v) is 5.21. The molecule has 1 atom stereocenters. The van der Waals surface area contributed by atoms with Crippen molar-refractivity contribution < 1.29 is 0 Å². The SMILES string of the molecule is CNC1CCN(c2ccc(Cl)nc2)C1. The molecule has 2 heterocycles. The van der Waals surface area contributed by atoms with Crippen LogP contribution < -0.4 is 10.2 Å². The van der Waals surface area contributed by atoms with Gasteiger partial charge in [0.05, 0.1) is 11.9 Å². The summed E-state index contributed by atoms with van der Waals surface area (Å²) in [5, 5.41) is 3.84. The Bertz CT molecular complexity index is 299. The average molecular weight is 212 g/mol. The Hall–Kier alpha value is -0.800. The normalized spacial score (nSPS) is 21.6.